The largest absolute Gasteiger partial charge is 0.508 e. The Morgan fingerprint density at radius 3 is 1.48 bits per heavy atom. The van der Waals surface area contributed by atoms with Gasteiger partial charge in [-0.05, 0) is 97.7 Å². The Balaban J connectivity index is 0.000000433. The van der Waals surface area contributed by atoms with Gasteiger partial charge in [-0.2, -0.15) is 0 Å². The molecule has 0 aromatic heterocycles. The van der Waals surface area contributed by atoms with Crippen LogP contribution in [0.3, 0.4) is 0 Å². The number of hydrogen-bond donors (Lipinski definition) is 3. The van der Waals surface area contributed by atoms with Gasteiger partial charge in [0.1, 0.15) is 22.7 Å². The summed E-state index contributed by atoms with van der Waals surface area (Å²) in [6.45, 7) is 17.0. The van der Waals surface area contributed by atoms with Crippen LogP contribution < -0.4 is 15.4 Å². The Bertz CT molecular complexity index is 1080. The smallest absolute Gasteiger partial charge is 0.407 e. The van der Waals surface area contributed by atoms with E-state index in [1.165, 1.54) is 0 Å². The fourth-order valence-electron chi connectivity index (χ4n) is 2.91. The van der Waals surface area contributed by atoms with Gasteiger partial charge in [-0.1, -0.05) is 24.3 Å². The zero-order valence-corrected chi connectivity index (χ0v) is 25.0. The number of benzene rings is 2. The van der Waals surface area contributed by atoms with Gasteiger partial charge in [-0.15, -0.1) is 0 Å². The predicted octanol–water partition coefficient (Wildman–Crippen LogP) is 5.85. The number of nitrogens with one attached hydrogen (secondary N) is 2. The number of phenols is 1. The van der Waals surface area contributed by atoms with Gasteiger partial charge in [-0.25, -0.2) is 14.4 Å². The summed E-state index contributed by atoms with van der Waals surface area (Å²) in [5.74, 6) is 0.343. The lowest BCUT2D eigenvalue weighted by Crippen LogP contribution is -2.39. The van der Waals surface area contributed by atoms with Crippen molar-refractivity contribution in [3.05, 3.63) is 59.7 Å². The van der Waals surface area contributed by atoms with E-state index in [1.54, 1.807) is 57.2 Å². The van der Waals surface area contributed by atoms with E-state index in [2.05, 4.69) is 10.6 Å². The van der Waals surface area contributed by atoms with Crippen molar-refractivity contribution in [1.29, 1.82) is 0 Å². The van der Waals surface area contributed by atoms with Gasteiger partial charge in [0.05, 0.1) is 6.61 Å². The van der Waals surface area contributed by atoms with E-state index in [9.17, 15) is 14.4 Å². The highest BCUT2D eigenvalue weighted by Gasteiger charge is 2.31. The van der Waals surface area contributed by atoms with Gasteiger partial charge in [0.25, 0.3) is 0 Å². The van der Waals surface area contributed by atoms with E-state index in [0.717, 1.165) is 11.1 Å². The molecule has 2 rings (SSSR count). The minimum Gasteiger partial charge on any atom is -0.508 e. The number of alkyl carbamates (subject to hydrolysis) is 2. The Morgan fingerprint density at radius 1 is 0.700 bits per heavy atom. The van der Waals surface area contributed by atoms with Crippen molar-refractivity contribution in [2.45, 2.75) is 92.2 Å². The lowest BCUT2D eigenvalue weighted by molar-refractivity contribution is -0.158. The van der Waals surface area contributed by atoms with Crippen molar-refractivity contribution in [3.8, 4) is 11.5 Å². The first-order valence-corrected chi connectivity index (χ1v) is 13.1. The van der Waals surface area contributed by atoms with Crippen molar-refractivity contribution < 1.29 is 38.4 Å². The number of carbonyl (C=O) groups excluding carboxylic acids is 3. The lowest BCUT2D eigenvalue weighted by atomic mass is 10.1. The minimum absolute atomic E-state index is 0.209. The van der Waals surface area contributed by atoms with Gasteiger partial charge in [0, 0.05) is 13.1 Å². The van der Waals surface area contributed by atoms with Crippen LogP contribution in [0.5, 0.6) is 11.5 Å². The Labute approximate surface area is 237 Å². The first-order chi connectivity index (χ1) is 18.4. The number of esters is 1. The summed E-state index contributed by atoms with van der Waals surface area (Å²) in [5.41, 5.74) is -0.281. The monoisotopic (exact) mass is 560 g/mol. The number of amides is 2. The number of aromatic hydroxyl groups is 1. The van der Waals surface area contributed by atoms with Crippen LogP contribution in [0.25, 0.3) is 0 Å². The summed E-state index contributed by atoms with van der Waals surface area (Å²) in [7, 11) is 0. The molecule has 0 saturated carbocycles. The van der Waals surface area contributed by atoms with Gasteiger partial charge in [0.2, 0.25) is 0 Å². The van der Waals surface area contributed by atoms with Crippen molar-refractivity contribution in [3.63, 3.8) is 0 Å². The quantitative estimate of drug-likeness (QED) is 0.271. The predicted molar refractivity (Wildman–Crippen MR) is 152 cm³/mol. The molecule has 2 aromatic carbocycles. The molecule has 40 heavy (non-hydrogen) atoms. The number of phenolic OH excluding ortho intramolecular Hbond substituents is 1. The van der Waals surface area contributed by atoms with Crippen molar-refractivity contribution in [2.75, 3.05) is 6.61 Å². The first kappa shape index (κ1) is 34.1. The van der Waals surface area contributed by atoms with E-state index >= 15 is 0 Å². The molecule has 3 N–H and O–H groups in total. The minimum atomic E-state index is -1.06. The van der Waals surface area contributed by atoms with Gasteiger partial charge in [0.15, 0.2) is 5.60 Å². The average Bonchev–Trinajstić information content (AvgIpc) is 2.81. The maximum atomic E-state index is 11.8. The summed E-state index contributed by atoms with van der Waals surface area (Å²) in [5, 5.41) is 14.4. The third-order valence-corrected chi connectivity index (χ3v) is 4.67. The van der Waals surface area contributed by atoms with E-state index in [4.69, 9.17) is 24.1 Å². The fourth-order valence-corrected chi connectivity index (χ4v) is 2.91. The summed E-state index contributed by atoms with van der Waals surface area (Å²) in [4.78, 5) is 34.7. The van der Waals surface area contributed by atoms with E-state index in [1.807, 2.05) is 53.7 Å². The molecule has 2 amide bonds. The third-order valence-electron chi connectivity index (χ3n) is 4.67. The SMILES string of the molecule is CC(C)(C)OC(=O)NCc1ccc(O)cc1.CCOC(=O)C(C)(C)Oc1ccc(CNC(=O)OC(C)(C)C)cc1. The van der Waals surface area contributed by atoms with Crippen LogP contribution in [0.2, 0.25) is 0 Å². The van der Waals surface area contributed by atoms with Crippen LogP contribution in [-0.4, -0.2) is 46.7 Å². The molecule has 0 heterocycles. The Hall–Kier alpha value is -3.95. The highest BCUT2D eigenvalue weighted by molar-refractivity contribution is 5.79. The molecule has 0 saturated heterocycles. The van der Waals surface area contributed by atoms with Crippen molar-refractivity contribution >= 4 is 18.2 Å². The summed E-state index contributed by atoms with van der Waals surface area (Å²) in [6.07, 6.45) is -0.910. The molecule has 0 aliphatic carbocycles. The summed E-state index contributed by atoms with van der Waals surface area (Å²) < 4.78 is 20.9. The topological polar surface area (TPSA) is 132 Å². The second-order valence-corrected chi connectivity index (χ2v) is 11.4. The molecule has 0 spiro atoms. The summed E-state index contributed by atoms with van der Waals surface area (Å²) in [6, 6.07) is 13.7. The molecule has 0 atom stereocenters. The molecule has 0 radical (unpaired) electrons. The van der Waals surface area contributed by atoms with E-state index < -0.39 is 35.0 Å². The lowest BCUT2D eigenvalue weighted by Gasteiger charge is -2.24. The molecule has 0 fully saturated rings. The van der Waals surface area contributed by atoms with Crippen LogP contribution in [0.4, 0.5) is 9.59 Å². The van der Waals surface area contributed by atoms with E-state index in [-0.39, 0.29) is 5.75 Å². The Kier molecular flexibility index (Phi) is 12.8. The van der Waals surface area contributed by atoms with Crippen LogP contribution in [0, 0.1) is 0 Å². The molecular weight excluding hydrogens is 516 g/mol. The van der Waals surface area contributed by atoms with Crippen molar-refractivity contribution in [1.82, 2.24) is 10.6 Å². The number of hydrogen-bond acceptors (Lipinski definition) is 8. The second kappa shape index (κ2) is 15.0. The van der Waals surface area contributed by atoms with Crippen LogP contribution in [0.15, 0.2) is 48.5 Å². The molecule has 10 heteroatoms. The molecule has 10 nitrogen and oxygen atoms in total. The Morgan fingerprint density at radius 2 is 1.10 bits per heavy atom. The fraction of sp³-hybridized carbons (Fsp3) is 0.500. The van der Waals surface area contributed by atoms with Crippen molar-refractivity contribution in [2.24, 2.45) is 0 Å². The highest BCUT2D eigenvalue weighted by Crippen LogP contribution is 2.20. The standard InChI is InChI=1S/C18H27NO5.C12H17NO3/c1-7-22-15(20)18(5,6)23-14-10-8-13(9-11-14)12-19-16(21)24-17(2,3)4;1-12(2,3)16-11(15)13-8-9-4-6-10(14)7-5-9/h8-11H,7,12H2,1-6H3,(H,19,21);4-7,14H,8H2,1-3H3,(H,13,15). The average molecular weight is 561 g/mol. The van der Waals surface area contributed by atoms with Crippen LogP contribution in [-0.2, 0) is 32.1 Å². The van der Waals surface area contributed by atoms with Crippen LogP contribution >= 0.6 is 0 Å². The molecular formula is C30H44N2O8. The first-order valence-electron chi connectivity index (χ1n) is 13.1. The maximum Gasteiger partial charge on any atom is 0.407 e. The number of ether oxygens (including phenoxy) is 4. The number of rotatable bonds is 8. The van der Waals surface area contributed by atoms with Gasteiger partial charge in [-0.3, -0.25) is 0 Å². The highest BCUT2D eigenvalue weighted by atomic mass is 16.6. The maximum absolute atomic E-state index is 11.8. The van der Waals surface area contributed by atoms with Gasteiger partial charge < -0.3 is 34.7 Å². The number of carbonyl (C=O) groups is 3. The molecule has 0 aliphatic rings. The zero-order chi connectivity index (χ0) is 30.6. The molecule has 222 valence electrons. The normalized spacial score (nSPS) is 11.3. The molecule has 0 unspecified atom stereocenters. The van der Waals surface area contributed by atoms with Crippen LogP contribution in [0.1, 0.15) is 73.4 Å². The van der Waals surface area contributed by atoms with E-state index in [0.29, 0.717) is 25.4 Å². The zero-order valence-electron chi connectivity index (χ0n) is 25.0. The molecule has 2 aromatic rings. The molecule has 0 bridgehead atoms. The van der Waals surface area contributed by atoms with Gasteiger partial charge >= 0.3 is 18.2 Å². The third kappa shape index (κ3) is 14.8. The summed E-state index contributed by atoms with van der Waals surface area (Å²) >= 11 is 0. The second-order valence-electron chi connectivity index (χ2n) is 11.4. The molecule has 0 aliphatic heterocycles.